The number of hydrogen-bond donors (Lipinski definition) is 0. The molecule has 0 unspecified atom stereocenters. The zero-order chi connectivity index (χ0) is 9.26. The van der Waals surface area contributed by atoms with E-state index in [-0.39, 0.29) is 0 Å². The fourth-order valence-electron chi connectivity index (χ4n) is 1.32. The largest absolute Gasteiger partial charge is 0.293 e. The molecule has 1 nitrogen and oxygen atoms in total. The number of ketones is 1. The van der Waals surface area contributed by atoms with Gasteiger partial charge in [0.1, 0.15) is 0 Å². The summed E-state index contributed by atoms with van der Waals surface area (Å²) in [6.45, 7) is 0. The van der Waals surface area contributed by atoms with Crippen LogP contribution in [0.4, 0.5) is 0 Å². The number of carbonyl (C=O) groups is 1. The predicted octanol–water partition coefficient (Wildman–Crippen LogP) is 3.88. The molecule has 1 aliphatic carbocycles. The highest BCUT2D eigenvalue weighted by molar-refractivity contribution is 9.10. The molecule has 0 amide bonds. The predicted molar refractivity (Wildman–Crippen MR) is 58.3 cm³/mol. The van der Waals surface area contributed by atoms with Crippen molar-refractivity contribution in [3.8, 4) is 0 Å². The van der Waals surface area contributed by atoms with Crippen LogP contribution in [0, 0.1) is 5.92 Å². The molecule has 70 valence electrons. The summed E-state index contributed by atoms with van der Waals surface area (Å²) in [4.78, 5) is 12.5. The fourth-order valence-corrected chi connectivity index (χ4v) is 2.72. The van der Waals surface area contributed by atoms with Gasteiger partial charge in [-0.05, 0) is 34.3 Å². The van der Waals surface area contributed by atoms with Gasteiger partial charge in [-0.15, -0.1) is 11.3 Å². The quantitative estimate of drug-likeness (QED) is 0.750. The average molecular weight is 259 g/mol. The highest BCUT2D eigenvalue weighted by Crippen LogP contribution is 2.34. The summed E-state index contributed by atoms with van der Waals surface area (Å²) >= 11 is 4.88. The van der Waals surface area contributed by atoms with Gasteiger partial charge in [-0.3, -0.25) is 4.79 Å². The maximum absolute atomic E-state index is 11.6. The van der Waals surface area contributed by atoms with Crippen LogP contribution < -0.4 is 0 Å². The van der Waals surface area contributed by atoms with Crippen LogP contribution in [-0.4, -0.2) is 5.78 Å². The molecular weight excluding hydrogens is 248 g/mol. The molecule has 2 rings (SSSR count). The van der Waals surface area contributed by atoms with Gasteiger partial charge in [0.15, 0.2) is 5.78 Å². The monoisotopic (exact) mass is 258 g/mol. The maximum atomic E-state index is 11.6. The minimum Gasteiger partial charge on any atom is -0.293 e. The molecule has 0 spiro atoms. The van der Waals surface area contributed by atoms with Crippen molar-refractivity contribution < 1.29 is 4.79 Å². The van der Waals surface area contributed by atoms with Gasteiger partial charge < -0.3 is 0 Å². The summed E-state index contributed by atoms with van der Waals surface area (Å²) in [5.74, 6) is 1.16. The van der Waals surface area contributed by atoms with Crippen molar-refractivity contribution in [1.29, 1.82) is 0 Å². The Morgan fingerprint density at radius 3 is 2.92 bits per heavy atom. The number of thiophene rings is 1. The Kier molecular flexibility index (Phi) is 2.84. The summed E-state index contributed by atoms with van der Waals surface area (Å²) in [5.41, 5.74) is 0. The minimum absolute atomic E-state index is 0.308. The first-order valence-electron chi connectivity index (χ1n) is 4.53. The summed E-state index contributed by atoms with van der Waals surface area (Å²) in [6, 6.07) is 1.92. The van der Waals surface area contributed by atoms with Gasteiger partial charge >= 0.3 is 0 Å². The Labute approximate surface area is 90.3 Å². The Balaban J connectivity index is 1.88. The first kappa shape index (κ1) is 9.41. The van der Waals surface area contributed by atoms with Gasteiger partial charge in [0.2, 0.25) is 0 Å². The molecule has 0 bridgehead atoms. The van der Waals surface area contributed by atoms with Crippen LogP contribution in [0.3, 0.4) is 0 Å². The smallest absolute Gasteiger partial charge is 0.172 e. The molecule has 1 fully saturated rings. The molecule has 1 aliphatic rings. The topological polar surface area (TPSA) is 17.1 Å². The van der Waals surface area contributed by atoms with Gasteiger partial charge in [-0.25, -0.2) is 0 Å². The maximum Gasteiger partial charge on any atom is 0.172 e. The first-order valence-corrected chi connectivity index (χ1v) is 6.20. The van der Waals surface area contributed by atoms with Crippen LogP contribution in [0.25, 0.3) is 0 Å². The van der Waals surface area contributed by atoms with Gasteiger partial charge in [0, 0.05) is 16.3 Å². The molecule has 0 saturated heterocycles. The van der Waals surface area contributed by atoms with E-state index in [9.17, 15) is 4.79 Å². The molecule has 0 aliphatic heterocycles. The van der Waals surface area contributed by atoms with Crippen LogP contribution in [-0.2, 0) is 0 Å². The second-order valence-corrected chi connectivity index (χ2v) is 5.36. The molecule has 0 radical (unpaired) electrons. The SMILES string of the molecule is O=C(CCC1CC1)c1cc(Br)cs1. The van der Waals surface area contributed by atoms with E-state index in [0.29, 0.717) is 5.78 Å². The molecule has 3 heteroatoms. The Morgan fingerprint density at radius 1 is 1.62 bits per heavy atom. The number of carbonyl (C=O) groups excluding carboxylic acids is 1. The van der Waals surface area contributed by atoms with Gasteiger partial charge in [-0.1, -0.05) is 12.8 Å². The number of halogens is 1. The van der Waals surface area contributed by atoms with Crippen LogP contribution in [0.15, 0.2) is 15.9 Å². The van der Waals surface area contributed by atoms with E-state index in [1.165, 1.54) is 24.2 Å². The summed E-state index contributed by atoms with van der Waals surface area (Å²) in [6.07, 6.45) is 4.49. The molecule has 0 N–H and O–H groups in total. The average Bonchev–Trinajstić information content (AvgIpc) is 2.84. The third kappa shape index (κ3) is 2.64. The van der Waals surface area contributed by atoms with Gasteiger partial charge in [0.05, 0.1) is 4.88 Å². The molecule has 13 heavy (non-hydrogen) atoms. The molecule has 1 aromatic rings. The Hall–Kier alpha value is -0.150. The second kappa shape index (κ2) is 3.93. The third-order valence-electron chi connectivity index (χ3n) is 2.32. The standard InChI is InChI=1S/C10H11BrOS/c11-8-5-10(13-6-8)9(12)4-3-7-1-2-7/h5-7H,1-4H2. The lowest BCUT2D eigenvalue weighted by molar-refractivity contribution is 0.0982. The summed E-state index contributed by atoms with van der Waals surface area (Å²) < 4.78 is 1.02. The van der Waals surface area contributed by atoms with Gasteiger partial charge in [0.25, 0.3) is 0 Å². The van der Waals surface area contributed by atoms with Gasteiger partial charge in [-0.2, -0.15) is 0 Å². The number of rotatable bonds is 4. The lowest BCUT2D eigenvalue weighted by Crippen LogP contribution is -1.95. The van der Waals surface area contributed by atoms with Crippen LogP contribution >= 0.6 is 27.3 Å². The lowest BCUT2D eigenvalue weighted by Gasteiger charge is -1.95. The number of hydrogen-bond acceptors (Lipinski definition) is 2. The van der Waals surface area contributed by atoms with Crippen molar-refractivity contribution in [3.05, 3.63) is 20.8 Å². The number of Topliss-reactive ketones (excluding diaryl/α,β-unsaturated/α-hetero) is 1. The molecule has 1 aromatic heterocycles. The van der Waals surface area contributed by atoms with Crippen molar-refractivity contribution in [2.24, 2.45) is 5.92 Å². The zero-order valence-electron chi connectivity index (χ0n) is 7.25. The fraction of sp³-hybridized carbons (Fsp3) is 0.500. The molecule has 1 saturated carbocycles. The van der Waals surface area contributed by atoms with E-state index < -0.39 is 0 Å². The van der Waals surface area contributed by atoms with E-state index in [4.69, 9.17) is 0 Å². The van der Waals surface area contributed by atoms with E-state index in [2.05, 4.69) is 15.9 Å². The van der Waals surface area contributed by atoms with Crippen molar-refractivity contribution in [1.82, 2.24) is 0 Å². The highest BCUT2D eigenvalue weighted by Gasteiger charge is 2.22. The molecule has 0 aromatic carbocycles. The van der Waals surface area contributed by atoms with Crippen LogP contribution in [0.1, 0.15) is 35.4 Å². The van der Waals surface area contributed by atoms with Crippen molar-refractivity contribution in [2.75, 3.05) is 0 Å². The van der Waals surface area contributed by atoms with Crippen molar-refractivity contribution in [2.45, 2.75) is 25.7 Å². The molecular formula is C10H11BrOS. The lowest BCUT2D eigenvalue weighted by atomic mass is 10.1. The van der Waals surface area contributed by atoms with Crippen LogP contribution in [0.5, 0.6) is 0 Å². The van der Waals surface area contributed by atoms with E-state index in [1.54, 1.807) is 0 Å². The normalized spacial score (nSPS) is 16.1. The van der Waals surface area contributed by atoms with E-state index in [0.717, 1.165) is 28.1 Å². The van der Waals surface area contributed by atoms with Crippen molar-refractivity contribution in [3.63, 3.8) is 0 Å². The summed E-state index contributed by atoms with van der Waals surface area (Å²) in [5, 5.41) is 1.96. The molecule has 0 atom stereocenters. The summed E-state index contributed by atoms with van der Waals surface area (Å²) in [7, 11) is 0. The molecule has 1 heterocycles. The van der Waals surface area contributed by atoms with Crippen LogP contribution in [0.2, 0.25) is 0 Å². The Morgan fingerprint density at radius 2 is 2.38 bits per heavy atom. The zero-order valence-corrected chi connectivity index (χ0v) is 9.66. The van der Waals surface area contributed by atoms with Crippen molar-refractivity contribution >= 4 is 33.0 Å². The highest BCUT2D eigenvalue weighted by atomic mass is 79.9. The third-order valence-corrected chi connectivity index (χ3v) is 4.05. The first-order chi connectivity index (χ1) is 6.25. The minimum atomic E-state index is 0.308. The Bertz CT molecular complexity index is 314. The van der Waals surface area contributed by atoms with E-state index >= 15 is 0 Å². The van der Waals surface area contributed by atoms with E-state index in [1.807, 2.05) is 11.4 Å². The second-order valence-electron chi connectivity index (χ2n) is 3.53.